The van der Waals surface area contributed by atoms with Gasteiger partial charge in [0, 0.05) is 11.1 Å². The average molecular weight is 554 g/mol. The first-order chi connectivity index (χ1) is 18.4. The highest BCUT2D eigenvalue weighted by Gasteiger charge is 2.33. The Hall–Kier alpha value is -3.42. The number of amides is 1. The maximum Gasteiger partial charge on any atom is 0.410 e. The maximum absolute atomic E-state index is 14.6. The predicted octanol–water partition coefficient (Wildman–Crippen LogP) is 6.76. The molecule has 1 aliphatic carbocycles. The van der Waals surface area contributed by atoms with Crippen molar-refractivity contribution < 1.29 is 28.6 Å². The number of aliphatic hydroxyl groups is 1. The summed E-state index contributed by atoms with van der Waals surface area (Å²) in [5.74, 6) is -1.38. The van der Waals surface area contributed by atoms with Crippen molar-refractivity contribution in [3.8, 4) is 11.1 Å². The lowest BCUT2D eigenvalue weighted by Gasteiger charge is -2.37. The van der Waals surface area contributed by atoms with E-state index < -0.39 is 29.6 Å². The number of nitrogens with zero attached hydrogens (tertiary/aromatic N) is 1. The summed E-state index contributed by atoms with van der Waals surface area (Å²) in [6.07, 6.45) is 0.556. The number of halogens is 2. The second kappa shape index (κ2) is 11.8. The van der Waals surface area contributed by atoms with Crippen LogP contribution in [-0.4, -0.2) is 47.4 Å². The minimum atomic E-state index is -0.944. The summed E-state index contributed by atoms with van der Waals surface area (Å²) in [6, 6.07) is 17.1. The Balaban J connectivity index is 1.60. The Bertz CT molecular complexity index is 1370. The minimum absolute atomic E-state index is 0.0507. The second-order valence-corrected chi connectivity index (χ2v) is 11.2. The highest BCUT2D eigenvalue weighted by molar-refractivity contribution is 6.30. The number of aryl methyl sites for hydroxylation is 1. The zero-order valence-electron chi connectivity index (χ0n) is 22.5. The molecule has 0 bridgehead atoms. The number of methoxy groups -OCH3 is 1. The van der Waals surface area contributed by atoms with Crippen LogP contribution in [0.5, 0.6) is 0 Å². The van der Waals surface area contributed by atoms with Crippen molar-refractivity contribution in [1.29, 1.82) is 0 Å². The van der Waals surface area contributed by atoms with Gasteiger partial charge in [-0.2, -0.15) is 0 Å². The maximum atomic E-state index is 14.6. The van der Waals surface area contributed by atoms with Gasteiger partial charge in [0.1, 0.15) is 11.4 Å². The van der Waals surface area contributed by atoms with Gasteiger partial charge in [-0.05, 0) is 92.1 Å². The molecular formula is C31H33ClFNO5. The first-order valence-corrected chi connectivity index (χ1v) is 13.3. The molecule has 4 rings (SSSR count). The molecule has 206 valence electrons. The summed E-state index contributed by atoms with van der Waals surface area (Å²) >= 11 is 6.12. The first-order valence-electron chi connectivity index (χ1n) is 12.9. The zero-order valence-corrected chi connectivity index (χ0v) is 23.3. The van der Waals surface area contributed by atoms with Crippen LogP contribution in [0.3, 0.4) is 0 Å². The molecule has 1 N–H and O–H groups in total. The number of hydrogen-bond acceptors (Lipinski definition) is 5. The summed E-state index contributed by atoms with van der Waals surface area (Å²) in [5.41, 5.74) is 3.42. The number of carbonyl (C=O) groups is 2. The summed E-state index contributed by atoms with van der Waals surface area (Å²) < 4.78 is 25.0. The minimum Gasteiger partial charge on any atom is -0.465 e. The molecule has 0 saturated heterocycles. The van der Waals surface area contributed by atoms with Gasteiger partial charge < -0.3 is 19.5 Å². The van der Waals surface area contributed by atoms with Crippen molar-refractivity contribution in [1.82, 2.24) is 4.90 Å². The van der Waals surface area contributed by atoms with Gasteiger partial charge in [-0.15, -0.1) is 0 Å². The molecule has 3 aromatic carbocycles. The number of rotatable bonds is 6. The number of benzene rings is 3. The van der Waals surface area contributed by atoms with E-state index in [0.717, 1.165) is 23.1 Å². The molecule has 2 atom stereocenters. The zero-order chi connectivity index (χ0) is 28.3. The monoisotopic (exact) mass is 553 g/mol. The molecule has 0 unspecified atom stereocenters. The highest BCUT2D eigenvalue weighted by Crippen LogP contribution is 2.32. The third kappa shape index (κ3) is 6.97. The molecule has 0 radical (unpaired) electrons. The van der Waals surface area contributed by atoms with Gasteiger partial charge in [0.15, 0.2) is 0 Å². The van der Waals surface area contributed by atoms with Crippen molar-refractivity contribution >= 4 is 23.7 Å². The Morgan fingerprint density at radius 2 is 1.79 bits per heavy atom. The SMILES string of the molecule is COC(=O)c1ccc(-c2ccc3c(c2)C[C@@H](N(C[C@H](O)c2cccc(Cl)c2)C(=O)OC(C)(C)C)CC3)cc1F. The topological polar surface area (TPSA) is 76.1 Å². The Morgan fingerprint density at radius 1 is 1.08 bits per heavy atom. The van der Waals surface area contributed by atoms with Gasteiger partial charge in [0.25, 0.3) is 0 Å². The normalized spacial score (nSPS) is 15.7. The molecule has 0 aromatic heterocycles. The van der Waals surface area contributed by atoms with Crippen molar-refractivity contribution in [3.63, 3.8) is 0 Å². The van der Waals surface area contributed by atoms with Crippen LogP contribution in [0.4, 0.5) is 9.18 Å². The predicted molar refractivity (Wildman–Crippen MR) is 148 cm³/mol. The van der Waals surface area contributed by atoms with E-state index in [0.29, 0.717) is 29.0 Å². The van der Waals surface area contributed by atoms with Crippen LogP contribution < -0.4 is 0 Å². The molecule has 0 saturated carbocycles. The summed E-state index contributed by atoms with van der Waals surface area (Å²) in [7, 11) is 1.21. The molecule has 39 heavy (non-hydrogen) atoms. The van der Waals surface area contributed by atoms with Crippen molar-refractivity contribution in [2.45, 2.75) is 57.8 Å². The van der Waals surface area contributed by atoms with E-state index in [4.69, 9.17) is 16.3 Å². The Kier molecular flexibility index (Phi) is 8.62. The van der Waals surface area contributed by atoms with E-state index >= 15 is 0 Å². The van der Waals surface area contributed by atoms with Gasteiger partial charge in [-0.25, -0.2) is 14.0 Å². The second-order valence-electron chi connectivity index (χ2n) is 10.8. The fourth-order valence-electron chi connectivity index (χ4n) is 4.85. The van der Waals surface area contributed by atoms with Crippen LogP contribution in [0.2, 0.25) is 5.02 Å². The van der Waals surface area contributed by atoms with E-state index in [-0.39, 0.29) is 18.2 Å². The largest absolute Gasteiger partial charge is 0.465 e. The van der Waals surface area contributed by atoms with Crippen LogP contribution in [0.15, 0.2) is 60.7 Å². The molecule has 0 aliphatic heterocycles. The van der Waals surface area contributed by atoms with Crippen molar-refractivity contribution in [3.05, 3.63) is 93.8 Å². The first kappa shape index (κ1) is 28.6. The van der Waals surface area contributed by atoms with Gasteiger partial charge >= 0.3 is 12.1 Å². The number of carbonyl (C=O) groups excluding carboxylic acids is 2. The molecule has 0 heterocycles. The van der Waals surface area contributed by atoms with E-state index in [1.807, 2.05) is 39.0 Å². The molecule has 3 aromatic rings. The van der Waals surface area contributed by atoms with Crippen LogP contribution >= 0.6 is 11.6 Å². The number of hydrogen-bond donors (Lipinski definition) is 1. The van der Waals surface area contributed by atoms with E-state index in [1.165, 1.54) is 19.2 Å². The lowest BCUT2D eigenvalue weighted by molar-refractivity contribution is 0.00195. The highest BCUT2D eigenvalue weighted by atomic mass is 35.5. The van der Waals surface area contributed by atoms with E-state index in [2.05, 4.69) is 4.74 Å². The molecule has 0 fully saturated rings. The van der Waals surface area contributed by atoms with Crippen LogP contribution in [0.1, 0.15) is 60.3 Å². The number of aliphatic hydroxyl groups excluding tert-OH is 1. The lowest BCUT2D eigenvalue weighted by Crippen LogP contribution is -2.47. The molecule has 1 amide bonds. The van der Waals surface area contributed by atoms with E-state index in [1.54, 1.807) is 35.2 Å². The van der Waals surface area contributed by atoms with Crippen LogP contribution in [-0.2, 0) is 22.3 Å². The molecule has 1 aliphatic rings. The fraction of sp³-hybridized carbons (Fsp3) is 0.355. The van der Waals surface area contributed by atoms with Crippen molar-refractivity contribution in [2.75, 3.05) is 13.7 Å². The lowest BCUT2D eigenvalue weighted by atomic mass is 9.85. The molecule has 0 spiro atoms. The third-order valence-corrected chi connectivity index (χ3v) is 7.02. The number of fused-ring (bicyclic) bond motifs is 1. The third-order valence-electron chi connectivity index (χ3n) is 6.79. The summed E-state index contributed by atoms with van der Waals surface area (Å²) in [5, 5.41) is 11.5. The molecule has 8 heteroatoms. The van der Waals surface area contributed by atoms with Gasteiger partial charge in [-0.3, -0.25) is 0 Å². The van der Waals surface area contributed by atoms with Gasteiger partial charge in [-0.1, -0.05) is 48.0 Å². The van der Waals surface area contributed by atoms with Crippen molar-refractivity contribution in [2.24, 2.45) is 0 Å². The number of ether oxygens (including phenoxy) is 2. The van der Waals surface area contributed by atoms with E-state index in [9.17, 15) is 19.1 Å². The standard InChI is InChI=1S/C31H33ClFNO5/c1-31(2,3)39-30(37)34(18-28(35)22-6-5-7-24(32)15-22)25-12-10-19-8-9-20(14-23(19)16-25)21-11-13-26(27(33)17-21)29(36)38-4/h5-9,11,13-15,17,25,28,35H,10,12,16,18H2,1-4H3/t25-,28-/m0/s1. The smallest absolute Gasteiger partial charge is 0.410 e. The quantitative estimate of drug-likeness (QED) is 0.341. The fourth-order valence-corrected chi connectivity index (χ4v) is 5.05. The molecular weight excluding hydrogens is 521 g/mol. The van der Waals surface area contributed by atoms with Gasteiger partial charge in [0.2, 0.25) is 0 Å². The summed E-state index contributed by atoms with van der Waals surface area (Å²) in [4.78, 5) is 26.7. The molecule has 6 nitrogen and oxygen atoms in total. The average Bonchev–Trinajstić information content (AvgIpc) is 2.89. The van der Waals surface area contributed by atoms with Crippen LogP contribution in [0.25, 0.3) is 11.1 Å². The van der Waals surface area contributed by atoms with Gasteiger partial charge in [0.05, 0.1) is 25.3 Å². The Morgan fingerprint density at radius 3 is 2.46 bits per heavy atom. The summed E-state index contributed by atoms with van der Waals surface area (Å²) in [6.45, 7) is 5.48. The van der Waals surface area contributed by atoms with Crippen LogP contribution in [0, 0.1) is 5.82 Å². The number of esters is 1. The Labute approximate surface area is 233 Å².